The Labute approximate surface area is 96.8 Å². The minimum atomic E-state index is 0.500. The van der Waals surface area contributed by atoms with Gasteiger partial charge in [0, 0.05) is 18.8 Å². The lowest BCUT2D eigenvalue weighted by molar-refractivity contribution is 0.636. The van der Waals surface area contributed by atoms with Gasteiger partial charge in [-0.1, -0.05) is 30.4 Å². The Hall–Kier alpha value is -1.64. The molecule has 0 saturated heterocycles. The molecule has 0 aliphatic carbocycles. The molecule has 2 nitrogen and oxygen atoms in total. The molecule has 0 aliphatic heterocycles. The van der Waals surface area contributed by atoms with Crippen LogP contribution in [0.1, 0.15) is 19.4 Å². The van der Waals surface area contributed by atoms with Gasteiger partial charge in [0.2, 0.25) is 0 Å². The second-order valence-corrected chi connectivity index (χ2v) is 3.29. The molecule has 1 aromatic heterocycles. The first-order chi connectivity index (χ1) is 7.65. The number of hydrogen-bond donors (Lipinski definition) is 0. The number of nitrogens with zero attached hydrogens (tertiary/aromatic N) is 2. The number of allylic oxidation sites excluding steroid dienone is 5. The summed E-state index contributed by atoms with van der Waals surface area (Å²) >= 11 is 0. The van der Waals surface area contributed by atoms with Gasteiger partial charge in [-0.15, -0.1) is 0 Å². The van der Waals surface area contributed by atoms with E-state index in [4.69, 9.17) is 0 Å². The lowest BCUT2D eigenvalue weighted by atomic mass is 10.0. The van der Waals surface area contributed by atoms with E-state index in [1.807, 2.05) is 45.4 Å². The van der Waals surface area contributed by atoms with Gasteiger partial charge in [0.25, 0.3) is 0 Å². The van der Waals surface area contributed by atoms with Gasteiger partial charge in [0.15, 0.2) is 0 Å². The zero-order valence-electron chi connectivity index (χ0n) is 10.4. The zero-order chi connectivity index (χ0) is 12.6. The van der Waals surface area contributed by atoms with Gasteiger partial charge in [-0.3, -0.25) is 9.07 Å². The van der Waals surface area contributed by atoms with Crippen LogP contribution >= 0.6 is 0 Å². The van der Waals surface area contributed by atoms with Crippen molar-refractivity contribution in [1.82, 2.24) is 9.78 Å². The molecule has 0 spiro atoms. The Bertz CT molecular complexity index is 386. The highest BCUT2D eigenvalue weighted by Crippen LogP contribution is 2.20. The quantitative estimate of drug-likeness (QED) is 0.715. The average molecular weight is 222 g/mol. The molecule has 0 aromatic carbocycles. The summed E-state index contributed by atoms with van der Waals surface area (Å²) in [5.41, 5.74) is 3.30. The van der Waals surface area contributed by atoms with Crippen LogP contribution in [-0.4, -0.2) is 17.0 Å². The van der Waals surface area contributed by atoms with E-state index < -0.39 is 0 Å². The van der Waals surface area contributed by atoms with E-state index in [0.717, 1.165) is 16.7 Å². The van der Waals surface area contributed by atoms with Crippen LogP contribution in [0.3, 0.4) is 0 Å². The van der Waals surface area contributed by atoms with E-state index in [1.165, 1.54) is 0 Å². The lowest BCUT2D eigenvalue weighted by Gasteiger charge is -2.01. The fraction of sp³-hybridized carbons (Fsp3) is 0.308. The molecule has 0 fully saturated rings. The Morgan fingerprint density at radius 3 is 2.50 bits per heavy atom. The zero-order valence-corrected chi connectivity index (χ0v) is 10.4. The lowest BCUT2D eigenvalue weighted by Crippen LogP contribution is -1.85. The third-order valence-electron chi connectivity index (χ3n) is 1.93. The molecule has 0 radical (unpaired) electrons. The van der Waals surface area contributed by atoms with Gasteiger partial charge in [0.05, 0.1) is 13.4 Å². The van der Waals surface area contributed by atoms with Crippen molar-refractivity contribution in [2.24, 2.45) is 7.05 Å². The van der Waals surface area contributed by atoms with Crippen LogP contribution in [0, 0.1) is 0 Å². The van der Waals surface area contributed by atoms with Crippen LogP contribution < -0.4 is 0 Å². The van der Waals surface area contributed by atoms with Gasteiger partial charge < -0.3 is 0 Å². The van der Waals surface area contributed by atoms with Gasteiger partial charge in [-0.25, -0.2) is 0 Å². The van der Waals surface area contributed by atoms with E-state index in [2.05, 4.69) is 17.8 Å². The molecule has 0 unspecified atom stereocenters. The summed E-state index contributed by atoms with van der Waals surface area (Å²) in [4.78, 5) is 0. The first-order valence-corrected chi connectivity index (χ1v) is 5.01. The van der Waals surface area contributed by atoms with Crippen LogP contribution in [0.15, 0.2) is 42.8 Å². The van der Waals surface area contributed by atoms with Crippen molar-refractivity contribution in [3.05, 3.63) is 48.3 Å². The van der Waals surface area contributed by atoms with Gasteiger partial charge in [0.1, 0.15) is 0 Å². The van der Waals surface area contributed by atoms with Gasteiger partial charge >= 0.3 is 0 Å². The van der Waals surface area contributed by atoms with Crippen LogP contribution in [0.2, 0.25) is 0 Å². The van der Waals surface area contributed by atoms with E-state index in [1.54, 1.807) is 4.68 Å². The highest BCUT2D eigenvalue weighted by atomic mass is 19.1. The smallest absolute Gasteiger partial charge is 0.0785 e. The number of aromatic nitrogens is 2. The summed E-state index contributed by atoms with van der Waals surface area (Å²) in [6.45, 7) is 7.95. The van der Waals surface area contributed by atoms with E-state index in [0.29, 0.717) is 7.18 Å². The second-order valence-electron chi connectivity index (χ2n) is 3.29. The van der Waals surface area contributed by atoms with Crippen molar-refractivity contribution in [3.8, 4) is 0 Å². The van der Waals surface area contributed by atoms with Crippen molar-refractivity contribution in [2.75, 3.05) is 7.18 Å². The summed E-state index contributed by atoms with van der Waals surface area (Å²) in [7, 11) is 2.41. The molecule has 3 heteroatoms. The number of halogens is 1. The largest absolute Gasteiger partial charge is 0.275 e. The third-order valence-corrected chi connectivity index (χ3v) is 1.93. The van der Waals surface area contributed by atoms with Crippen molar-refractivity contribution in [3.63, 3.8) is 0 Å². The maximum Gasteiger partial charge on any atom is 0.0785 e. The monoisotopic (exact) mass is 222 g/mol. The number of hydrogen-bond acceptors (Lipinski definition) is 1. The molecule has 0 atom stereocenters. The topological polar surface area (TPSA) is 17.8 Å². The van der Waals surface area contributed by atoms with Crippen molar-refractivity contribution in [1.29, 1.82) is 0 Å². The predicted molar refractivity (Wildman–Crippen MR) is 67.8 cm³/mol. The van der Waals surface area contributed by atoms with E-state index in [9.17, 15) is 4.39 Å². The molecule has 0 saturated carbocycles. The Morgan fingerprint density at radius 2 is 2.12 bits per heavy atom. The predicted octanol–water partition coefficient (Wildman–Crippen LogP) is 3.54. The minimum absolute atomic E-state index is 0.500. The molecular weight excluding hydrogens is 203 g/mol. The van der Waals surface area contributed by atoms with E-state index in [-0.39, 0.29) is 0 Å². The summed E-state index contributed by atoms with van der Waals surface area (Å²) in [6.07, 6.45) is 9.91. The van der Waals surface area contributed by atoms with Crippen LogP contribution in [0.4, 0.5) is 4.39 Å². The number of rotatable bonds is 3. The van der Waals surface area contributed by atoms with Crippen molar-refractivity contribution in [2.45, 2.75) is 13.8 Å². The second kappa shape index (κ2) is 7.63. The highest BCUT2D eigenvalue weighted by molar-refractivity contribution is 5.78. The molecule has 0 bridgehead atoms. The number of alkyl halides is 1. The van der Waals surface area contributed by atoms with Gasteiger partial charge in [-0.05, 0) is 19.4 Å². The molecule has 1 aromatic rings. The van der Waals surface area contributed by atoms with Crippen molar-refractivity contribution < 1.29 is 4.39 Å². The molecule has 88 valence electrons. The minimum Gasteiger partial charge on any atom is -0.275 e. The average Bonchev–Trinajstić information content (AvgIpc) is 2.68. The fourth-order valence-electron chi connectivity index (χ4n) is 1.24. The fourth-order valence-corrected chi connectivity index (χ4v) is 1.24. The normalized spacial score (nSPS) is 11.2. The summed E-state index contributed by atoms with van der Waals surface area (Å²) < 4.78 is 11.3. The summed E-state index contributed by atoms with van der Waals surface area (Å²) in [5, 5.41) is 4.14. The Balaban J connectivity index is 0.00000106. The first kappa shape index (κ1) is 14.4. The Kier molecular flexibility index (Phi) is 6.84. The third kappa shape index (κ3) is 4.26. The van der Waals surface area contributed by atoms with E-state index >= 15 is 0 Å². The van der Waals surface area contributed by atoms with Gasteiger partial charge in [-0.2, -0.15) is 5.10 Å². The Morgan fingerprint density at radius 1 is 1.50 bits per heavy atom. The number of aryl methyl sites for hydroxylation is 1. The maximum atomic E-state index is 9.50. The molecular formula is C13H19FN2. The van der Waals surface area contributed by atoms with Crippen LogP contribution in [-0.2, 0) is 7.05 Å². The first-order valence-electron chi connectivity index (χ1n) is 5.01. The molecule has 0 aliphatic rings. The molecule has 1 rings (SSSR count). The van der Waals surface area contributed by atoms with Crippen molar-refractivity contribution >= 4 is 5.57 Å². The SMILES string of the molecule is C=C(C)/C(=C\C=C/C)c1cnn(C)c1.CF. The summed E-state index contributed by atoms with van der Waals surface area (Å²) in [6, 6.07) is 0. The maximum absolute atomic E-state index is 9.50. The highest BCUT2D eigenvalue weighted by Gasteiger charge is 2.02. The van der Waals surface area contributed by atoms with Crippen LogP contribution in [0.5, 0.6) is 0 Å². The molecule has 0 amide bonds. The molecule has 0 N–H and O–H groups in total. The summed E-state index contributed by atoms with van der Waals surface area (Å²) in [5.74, 6) is 0. The van der Waals surface area contributed by atoms with Crippen LogP contribution in [0.25, 0.3) is 5.57 Å². The standard InChI is InChI=1S/C12H16N2.CH3F/c1-5-6-7-12(10(2)3)11-8-13-14(4)9-11;1-2/h5-9H,2H2,1,3-4H3;1H3/b6-5-,12-7+;. The molecule has 16 heavy (non-hydrogen) atoms. The molecule has 1 heterocycles.